The average molecular weight is 320 g/mol. The summed E-state index contributed by atoms with van der Waals surface area (Å²) in [5.41, 5.74) is 1.03. The summed E-state index contributed by atoms with van der Waals surface area (Å²) in [6.45, 7) is 0. The molecule has 1 aromatic rings. The first kappa shape index (κ1) is 16.6. The highest BCUT2D eigenvalue weighted by molar-refractivity contribution is 7.92. The van der Waals surface area contributed by atoms with Crippen LogP contribution in [0.2, 0.25) is 0 Å². The van der Waals surface area contributed by atoms with Crippen molar-refractivity contribution < 1.29 is 13.2 Å². The van der Waals surface area contributed by atoms with E-state index in [1.54, 1.807) is 24.3 Å². The summed E-state index contributed by atoms with van der Waals surface area (Å²) >= 11 is 5.51. The maximum absolute atomic E-state index is 11.7. The van der Waals surface area contributed by atoms with Crippen molar-refractivity contribution in [3.63, 3.8) is 0 Å². The van der Waals surface area contributed by atoms with Crippen LogP contribution >= 0.6 is 11.6 Å². The van der Waals surface area contributed by atoms with Gasteiger partial charge in [0.05, 0.1) is 5.75 Å². The van der Waals surface area contributed by atoms with Crippen LogP contribution in [0.25, 0.3) is 0 Å². The number of rotatable bonds is 7. The molecule has 20 heavy (non-hydrogen) atoms. The Kier molecular flexibility index (Phi) is 6.60. The zero-order valence-electron chi connectivity index (χ0n) is 11.1. The summed E-state index contributed by atoms with van der Waals surface area (Å²) in [6, 6.07) is 6.08. The number of halogens is 1. The van der Waals surface area contributed by atoms with Gasteiger partial charge in [0.25, 0.3) is 0 Å². The molecule has 3 N–H and O–H groups in total. The molecule has 0 unspecified atom stereocenters. The molecule has 0 saturated heterocycles. The van der Waals surface area contributed by atoms with Gasteiger partial charge in [-0.1, -0.05) is 0 Å². The SMILES string of the molecule is CNC(=O)Nc1ccc(NS(=O)(=O)CCCCCl)cc1. The number of hydrogen-bond acceptors (Lipinski definition) is 3. The molecule has 0 fully saturated rings. The Morgan fingerprint density at radius 2 is 1.75 bits per heavy atom. The number of carbonyl (C=O) groups is 1. The minimum Gasteiger partial charge on any atom is -0.341 e. The second-order valence-electron chi connectivity index (χ2n) is 4.10. The number of sulfonamides is 1. The quantitative estimate of drug-likeness (QED) is 0.532. The number of alkyl halides is 1. The number of urea groups is 1. The van der Waals surface area contributed by atoms with E-state index in [0.717, 1.165) is 0 Å². The van der Waals surface area contributed by atoms with E-state index in [9.17, 15) is 13.2 Å². The zero-order chi connectivity index (χ0) is 15.0. The maximum Gasteiger partial charge on any atom is 0.318 e. The van der Waals surface area contributed by atoms with Crippen LogP contribution in [-0.2, 0) is 10.0 Å². The van der Waals surface area contributed by atoms with E-state index in [2.05, 4.69) is 15.4 Å². The minimum atomic E-state index is -3.36. The molecule has 0 aliphatic heterocycles. The summed E-state index contributed by atoms with van der Waals surface area (Å²) < 4.78 is 26.0. The summed E-state index contributed by atoms with van der Waals surface area (Å²) in [4.78, 5) is 11.1. The van der Waals surface area contributed by atoms with E-state index in [0.29, 0.717) is 30.1 Å². The number of benzene rings is 1. The second kappa shape index (κ2) is 7.96. The Bertz CT molecular complexity index is 531. The molecule has 0 saturated carbocycles. The Hall–Kier alpha value is -1.47. The molecule has 0 heterocycles. The van der Waals surface area contributed by atoms with Gasteiger partial charge in [-0.3, -0.25) is 4.72 Å². The second-order valence-corrected chi connectivity index (χ2v) is 6.32. The van der Waals surface area contributed by atoms with Gasteiger partial charge in [0.2, 0.25) is 10.0 Å². The average Bonchev–Trinajstić information content (AvgIpc) is 2.40. The number of hydrogen-bond donors (Lipinski definition) is 3. The van der Waals surface area contributed by atoms with Crippen molar-refractivity contribution >= 4 is 39.0 Å². The van der Waals surface area contributed by atoms with Crippen molar-refractivity contribution in [2.75, 3.05) is 28.7 Å². The lowest BCUT2D eigenvalue weighted by molar-refractivity contribution is 0.254. The lowest BCUT2D eigenvalue weighted by Gasteiger charge is -2.09. The molecular formula is C12H18ClN3O3S. The summed E-state index contributed by atoms with van der Waals surface area (Å²) in [7, 11) is -1.84. The molecule has 0 atom stereocenters. The van der Waals surface area contributed by atoms with E-state index in [1.807, 2.05) is 0 Å². The molecule has 8 heteroatoms. The first-order valence-electron chi connectivity index (χ1n) is 6.12. The van der Waals surface area contributed by atoms with Crippen LogP contribution < -0.4 is 15.4 Å². The van der Waals surface area contributed by atoms with Crippen LogP contribution in [-0.4, -0.2) is 33.1 Å². The lowest BCUT2D eigenvalue weighted by atomic mass is 10.3. The van der Waals surface area contributed by atoms with Gasteiger partial charge < -0.3 is 10.6 Å². The van der Waals surface area contributed by atoms with Crippen molar-refractivity contribution in [1.82, 2.24) is 5.32 Å². The summed E-state index contributed by atoms with van der Waals surface area (Å²) in [6.07, 6.45) is 1.19. The number of nitrogens with one attached hydrogen (secondary N) is 3. The third-order valence-corrected chi connectivity index (χ3v) is 4.08. The van der Waals surface area contributed by atoms with E-state index in [1.165, 1.54) is 7.05 Å². The van der Waals surface area contributed by atoms with Crippen LogP contribution in [0.15, 0.2) is 24.3 Å². The van der Waals surface area contributed by atoms with Crippen LogP contribution in [0.4, 0.5) is 16.2 Å². The zero-order valence-corrected chi connectivity index (χ0v) is 12.7. The van der Waals surface area contributed by atoms with E-state index >= 15 is 0 Å². The fraction of sp³-hybridized carbons (Fsp3) is 0.417. The first-order chi connectivity index (χ1) is 9.46. The smallest absolute Gasteiger partial charge is 0.318 e. The van der Waals surface area contributed by atoms with Crippen molar-refractivity contribution in [3.8, 4) is 0 Å². The van der Waals surface area contributed by atoms with Crippen LogP contribution in [0.1, 0.15) is 12.8 Å². The monoisotopic (exact) mass is 319 g/mol. The van der Waals surface area contributed by atoms with Crippen LogP contribution in [0.5, 0.6) is 0 Å². The third-order valence-electron chi connectivity index (χ3n) is 2.44. The fourth-order valence-corrected chi connectivity index (χ4v) is 2.80. The molecule has 2 amide bonds. The fourth-order valence-electron chi connectivity index (χ4n) is 1.43. The maximum atomic E-state index is 11.7. The first-order valence-corrected chi connectivity index (χ1v) is 8.31. The van der Waals surface area contributed by atoms with Gasteiger partial charge in [0.1, 0.15) is 0 Å². The Balaban J connectivity index is 2.58. The van der Waals surface area contributed by atoms with Gasteiger partial charge in [-0.25, -0.2) is 13.2 Å². The van der Waals surface area contributed by atoms with Crippen molar-refractivity contribution in [3.05, 3.63) is 24.3 Å². The number of amides is 2. The Labute approximate surface area is 123 Å². The highest BCUT2D eigenvalue weighted by atomic mass is 35.5. The van der Waals surface area contributed by atoms with Crippen molar-refractivity contribution in [2.24, 2.45) is 0 Å². The number of carbonyl (C=O) groups excluding carboxylic acids is 1. The van der Waals surface area contributed by atoms with Gasteiger partial charge in [0, 0.05) is 24.3 Å². The predicted octanol–water partition coefficient (Wildman–Crippen LogP) is 2.20. The molecule has 6 nitrogen and oxygen atoms in total. The number of anilines is 2. The molecule has 1 aromatic carbocycles. The molecule has 112 valence electrons. The van der Waals surface area contributed by atoms with Crippen LogP contribution in [0, 0.1) is 0 Å². The molecule has 1 rings (SSSR count). The predicted molar refractivity (Wildman–Crippen MR) is 81.9 cm³/mol. The molecule has 0 bridgehead atoms. The largest absolute Gasteiger partial charge is 0.341 e. The molecule has 0 radical (unpaired) electrons. The Morgan fingerprint density at radius 1 is 1.15 bits per heavy atom. The van der Waals surface area contributed by atoms with Crippen molar-refractivity contribution in [2.45, 2.75) is 12.8 Å². The van der Waals surface area contributed by atoms with Gasteiger partial charge in [0.15, 0.2) is 0 Å². The lowest BCUT2D eigenvalue weighted by Crippen LogP contribution is -2.24. The van der Waals surface area contributed by atoms with Gasteiger partial charge in [-0.15, -0.1) is 11.6 Å². The molecule has 0 aliphatic rings. The normalized spacial score (nSPS) is 10.9. The van der Waals surface area contributed by atoms with E-state index < -0.39 is 10.0 Å². The third kappa shape index (κ3) is 6.12. The number of unbranched alkanes of at least 4 members (excludes halogenated alkanes) is 1. The van der Waals surface area contributed by atoms with Gasteiger partial charge in [-0.2, -0.15) is 0 Å². The molecule has 0 spiro atoms. The van der Waals surface area contributed by atoms with Gasteiger partial charge in [-0.05, 0) is 37.1 Å². The van der Waals surface area contributed by atoms with Gasteiger partial charge >= 0.3 is 6.03 Å². The van der Waals surface area contributed by atoms with Crippen LogP contribution in [0.3, 0.4) is 0 Å². The summed E-state index contributed by atoms with van der Waals surface area (Å²) in [5.74, 6) is 0.493. The van der Waals surface area contributed by atoms with E-state index in [-0.39, 0.29) is 11.8 Å². The molecule has 0 aliphatic carbocycles. The summed E-state index contributed by atoms with van der Waals surface area (Å²) in [5, 5.41) is 5.00. The minimum absolute atomic E-state index is 0.0396. The standard InChI is InChI=1S/C12H18ClN3O3S/c1-14-12(17)15-10-4-6-11(7-5-10)16-20(18,19)9-3-2-8-13/h4-7,16H,2-3,8-9H2,1H3,(H2,14,15,17). The highest BCUT2D eigenvalue weighted by Gasteiger charge is 2.09. The molecule has 0 aromatic heterocycles. The Morgan fingerprint density at radius 3 is 2.30 bits per heavy atom. The van der Waals surface area contributed by atoms with E-state index in [4.69, 9.17) is 11.6 Å². The van der Waals surface area contributed by atoms with Crippen molar-refractivity contribution in [1.29, 1.82) is 0 Å². The molecular weight excluding hydrogens is 302 g/mol. The topological polar surface area (TPSA) is 87.3 Å². The highest BCUT2D eigenvalue weighted by Crippen LogP contribution is 2.15.